The van der Waals surface area contributed by atoms with Crippen LogP contribution in [0.15, 0.2) is 24.3 Å². The van der Waals surface area contributed by atoms with Gasteiger partial charge < -0.3 is 5.32 Å². The lowest BCUT2D eigenvalue weighted by molar-refractivity contribution is -0.109. The number of anilines is 1. The Balaban J connectivity index is 2.71. The van der Waals surface area contributed by atoms with Gasteiger partial charge in [-0.2, -0.15) is 0 Å². The highest BCUT2D eigenvalue weighted by Crippen LogP contribution is 2.07. The highest BCUT2D eigenvalue weighted by Gasteiger charge is 1.95. The van der Waals surface area contributed by atoms with E-state index in [4.69, 9.17) is 0 Å². The number of rotatable bonds is 2. The summed E-state index contributed by atoms with van der Waals surface area (Å²) in [6.07, 6.45) is 0. The number of thiocarbonyl (C=S) groups is 1. The fourth-order valence-electron chi connectivity index (χ4n) is 0.809. The Kier molecular flexibility index (Phi) is 2.94. The summed E-state index contributed by atoms with van der Waals surface area (Å²) in [6, 6.07) is 7.54. The molecule has 0 heterocycles. The highest BCUT2D eigenvalue weighted by molar-refractivity contribution is 7.80. The Bertz CT molecular complexity index is 292. The molecule has 1 rings (SSSR count). The van der Waals surface area contributed by atoms with E-state index in [1.807, 2.05) is 31.2 Å². The zero-order valence-corrected chi connectivity index (χ0v) is 7.52. The van der Waals surface area contributed by atoms with Crippen LogP contribution in [0.3, 0.4) is 0 Å². The number of amides is 1. The van der Waals surface area contributed by atoms with Crippen molar-refractivity contribution >= 4 is 29.2 Å². The van der Waals surface area contributed by atoms with Crippen molar-refractivity contribution in [1.82, 2.24) is 0 Å². The van der Waals surface area contributed by atoms with Crippen molar-refractivity contribution in [1.29, 1.82) is 0 Å². The first-order chi connectivity index (χ1) is 5.72. The van der Waals surface area contributed by atoms with E-state index in [0.29, 0.717) is 0 Å². The van der Waals surface area contributed by atoms with Crippen LogP contribution in [0.4, 0.5) is 5.69 Å². The minimum Gasteiger partial charge on any atom is -0.322 e. The van der Waals surface area contributed by atoms with Gasteiger partial charge in [0.15, 0.2) is 0 Å². The van der Waals surface area contributed by atoms with Gasteiger partial charge in [-0.05, 0) is 19.1 Å². The molecule has 0 saturated heterocycles. The van der Waals surface area contributed by atoms with Crippen molar-refractivity contribution < 1.29 is 4.79 Å². The summed E-state index contributed by atoms with van der Waals surface area (Å²) in [5.74, 6) is -0.256. The zero-order chi connectivity index (χ0) is 8.97. The van der Waals surface area contributed by atoms with Gasteiger partial charge in [0, 0.05) is 5.69 Å². The maximum absolute atomic E-state index is 10.8. The van der Waals surface area contributed by atoms with E-state index in [2.05, 4.69) is 17.5 Å². The largest absolute Gasteiger partial charge is 0.322 e. The van der Waals surface area contributed by atoms with Gasteiger partial charge in [-0.1, -0.05) is 29.9 Å². The molecule has 0 fully saturated rings. The van der Waals surface area contributed by atoms with Crippen molar-refractivity contribution in [2.45, 2.75) is 6.92 Å². The zero-order valence-electron chi connectivity index (χ0n) is 6.70. The van der Waals surface area contributed by atoms with Crippen LogP contribution in [-0.4, -0.2) is 11.3 Å². The van der Waals surface area contributed by atoms with Crippen molar-refractivity contribution in [2.24, 2.45) is 0 Å². The Morgan fingerprint density at radius 3 is 2.50 bits per heavy atom. The highest BCUT2D eigenvalue weighted by atomic mass is 32.1. The lowest BCUT2D eigenvalue weighted by atomic mass is 10.2. The van der Waals surface area contributed by atoms with E-state index < -0.39 is 0 Å². The molecule has 1 aromatic carbocycles. The second-order valence-electron chi connectivity index (χ2n) is 2.47. The minimum absolute atomic E-state index is 0.256. The van der Waals surface area contributed by atoms with Gasteiger partial charge in [0.1, 0.15) is 0 Å². The van der Waals surface area contributed by atoms with E-state index >= 15 is 0 Å². The van der Waals surface area contributed by atoms with E-state index in [-0.39, 0.29) is 5.91 Å². The summed E-state index contributed by atoms with van der Waals surface area (Å²) >= 11 is 4.46. The molecular weight excluding hydrogens is 170 g/mol. The minimum atomic E-state index is -0.256. The van der Waals surface area contributed by atoms with E-state index in [1.165, 1.54) is 0 Å². The first kappa shape index (κ1) is 8.87. The van der Waals surface area contributed by atoms with E-state index in [0.717, 1.165) is 16.6 Å². The monoisotopic (exact) mass is 179 g/mol. The number of carbonyl (C=O) groups is 1. The molecule has 2 nitrogen and oxygen atoms in total. The molecule has 0 radical (unpaired) electrons. The van der Waals surface area contributed by atoms with Crippen molar-refractivity contribution in [3.8, 4) is 0 Å². The first-order valence-corrected chi connectivity index (χ1v) is 4.02. The SMILES string of the molecule is Cc1ccc(NC(=O)C=S)cc1. The third-order valence-corrected chi connectivity index (χ3v) is 1.64. The lowest BCUT2D eigenvalue weighted by Crippen LogP contribution is -2.10. The van der Waals surface area contributed by atoms with Crippen LogP contribution >= 0.6 is 12.2 Å². The molecule has 0 saturated carbocycles. The van der Waals surface area contributed by atoms with Gasteiger partial charge in [-0.15, -0.1) is 0 Å². The van der Waals surface area contributed by atoms with Gasteiger partial charge in [0.25, 0.3) is 5.91 Å². The van der Waals surface area contributed by atoms with Crippen LogP contribution in [-0.2, 0) is 4.79 Å². The molecule has 0 unspecified atom stereocenters. The summed E-state index contributed by atoms with van der Waals surface area (Å²) in [5, 5.41) is 3.70. The van der Waals surface area contributed by atoms with Crippen molar-refractivity contribution in [3.05, 3.63) is 29.8 Å². The van der Waals surface area contributed by atoms with Gasteiger partial charge in [0.2, 0.25) is 0 Å². The molecule has 0 bridgehead atoms. The predicted molar refractivity (Wildman–Crippen MR) is 53.5 cm³/mol. The van der Waals surface area contributed by atoms with Gasteiger partial charge in [0.05, 0.1) is 5.37 Å². The molecule has 3 heteroatoms. The van der Waals surface area contributed by atoms with Crippen LogP contribution in [0.25, 0.3) is 0 Å². The van der Waals surface area contributed by atoms with E-state index in [9.17, 15) is 4.79 Å². The molecule has 1 amide bonds. The molecule has 62 valence electrons. The van der Waals surface area contributed by atoms with E-state index in [1.54, 1.807) is 0 Å². The van der Waals surface area contributed by atoms with Crippen molar-refractivity contribution in [2.75, 3.05) is 5.32 Å². The summed E-state index contributed by atoms with van der Waals surface area (Å²) in [6.45, 7) is 1.99. The molecule has 0 atom stereocenters. The second-order valence-corrected chi connectivity index (χ2v) is 2.71. The number of aryl methyl sites for hydroxylation is 1. The standard InChI is InChI=1S/C9H9NOS/c1-7-2-4-8(5-3-7)10-9(11)6-12/h2-6H,1H3,(H,10,11). The van der Waals surface area contributed by atoms with Crippen LogP contribution in [0, 0.1) is 6.92 Å². The number of benzene rings is 1. The second kappa shape index (κ2) is 3.97. The van der Waals surface area contributed by atoms with Crippen LogP contribution in [0.5, 0.6) is 0 Å². The third kappa shape index (κ3) is 2.43. The van der Waals surface area contributed by atoms with Gasteiger partial charge in [-0.25, -0.2) is 0 Å². The average Bonchev–Trinajstić information content (AvgIpc) is 2.09. The smallest absolute Gasteiger partial charge is 0.259 e. The summed E-state index contributed by atoms with van der Waals surface area (Å²) in [7, 11) is 0. The summed E-state index contributed by atoms with van der Waals surface area (Å²) < 4.78 is 0. The molecule has 12 heavy (non-hydrogen) atoms. The van der Waals surface area contributed by atoms with Crippen LogP contribution < -0.4 is 5.32 Å². The normalized spacial score (nSPS) is 9.08. The Hall–Kier alpha value is -1.22. The number of nitrogens with one attached hydrogen (secondary N) is 1. The molecule has 0 aromatic heterocycles. The number of hydrogen-bond acceptors (Lipinski definition) is 2. The molecule has 0 aliphatic carbocycles. The molecule has 0 aliphatic rings. The molecule has 1 N–H and O–H groups in total. The quantitative estimate of drug-likeness (QED) is 0.703. The molecule has 1 aromatic rings. The predicted octanol–water partition coefficient (Wildman–Crippen LogP) is 1.93. The fourth-order valence-corrected chi connectivity index (χ4v) is 0.868. The third-order valence-electron chi connectivity index (χ3n) is 1.43. The van der Waals surface area contributed by atoms with Crippen LogP contribution in [0.2, 0.25) is 0 Å². The first-order valence-electron chi connectivity index (χ1n) is 3.55. The fraction of sp³-hybridized carbons (Fsp3) is 0.111. The van der Waals surface area contributed by atoms with Gasteiger partial charge >= 0.3 is 0 Å². The number of hydrogen-bond donors (Lipinski definition) is 1. The molecule has 0 aliphatic heterocycles. The molecule has 0 spiro atoms. The van der Waals surface area contributed by atoms with Gasteiger partial charge in [-0.3, -0.25) is 4.79 Å². The average molecular weight is 179 g/mol. The van der Waals surface area contributed by atoms with Crippen LogP contribution in [0.1, 0.15) is 5.56 Å². The summed E-state index contributed by atoms with van der Waals surface area (Å²) in [4.78, 5) is 10.8. The Morgan fingerprint density at radius 1 is 1.42 bits per heavy atom. The van der Waals surface area contributed by atoms with Crippen molar-refractivity contribution in [3.63, 3.8) is 0 Å². The molecular formula is C9H9NOS. The number of carbonyl (C=O) groups excluding carboxylic acids is 1. The Labute approximate surface area is 76.6 Å². The maximum atomic E-state index is 10.8. The maximum Gasteiger partial charge on any atom is 0.259 e. The topological polar surface area (TPSA) is 29.1 Å². The lowest BCUT2D eigenvalue weighted by Gasteiger charge is -2.00. The Morgan fingerprint density at radius 2 is 2.00 bits per heavy atom. The summed E-state index contributed by atoms with van der Waals surface area (Å²) in [5.41, 5.74) is 1.93.